The third-order valence-electron chi connectivity index (χ3n) is 5.25. The number of aromatic nitrogens is 2. The Labute approximate surface area is 196 Å². The Morgan fingerprint density at radius 1 is 0.970 bits per heavy atom. The Morgan fingerprint density at radius 2 is 1.67 bits per heavy atom. The van der Waals surface area contributed by atoms with Gasteiger partial charge in [-0.1, -0.05) is 42.1 Å². The summed E-state index contributed by atoms with van der Waals surface area (Å²) in [5, 5.41) is 4.11. The van der Waals surface area contributed by atoms with Crippen molar-refractivity contribution in [3.8, 4) is 0 Å². The minimum Gasteiger partial charge on any atom is -0.443 e. The number of hydrogen-bond acceptors (Lipinski definition) is 6. The number of nitrogens with one attached hydrogen (secondary N) is 1. The average Bonchev–Trinajstić information content (AvgIpc) is 3.11. The highest BCUT2D eigenvalue weighted by Gasteiger charge is 2.19. The van der Waals surface area contributed by atoms with Gasteiger partial charge in [0.25, 0.3) is 11.8 Å². The number of thioether (sulfide) groups is 1. The van der Waals surface area contributed by atoms with Crippen LogP contribution < -0.4 is 5.32 Å². The van der Waals surface area contributed by atoms with Gasteiger partial charge >= 0.3 is 0 Å². The van der Waals surface area contributed by atoms with Gasteiger partial charge in [0.15, 0.2) is 5.16 Å². The summed E-state index contributed by atoms with van der Waals surface area (Å²) in [5.74, 6) is 1.49. The van der Waals surface area contributed by atoms with Gasteiger partial charge in [0.2, 0.25) is 5.71 Å². The van der Waals surface area contributed by atoms with Crippen LogP contribution in [0.4, 0.5) is 5.82 Å². The van der Waals surface area contributed by atoms with Gasteiger partial charge in [-0.05, 0) is 43.7 Å². The van der Waals surface area contributed by atoms with Crippen LogP contribution in [0.15, 0.2) is 64.2 Å². The fourth-order valence-corrected chi connectivity index (χ4v) is 4.10. The number of anilines is 1. The molecule has 168 valence electrons. The van der Waals surface area contributed by atoms with Crippen molar-refractivity contribution in [2.24, 2.45) is 0 Å². The van der Waals surface area contributed by atoms with Crippen molar-refractivity contribution in [2.75, 3.05) is 19.4 Å². The fraction of sp³-hybridized carbons (Fsp3) is 0.200. The standard InChI is InChI=1S/C25H24N4O3S/c1-15-16(2)32-23-20(15)21(26-22(30)18-8-6-5-7-9-18)27-25(28-23)33-14-17-10-12-19(13-11-17)24(31)29(3)4/h5-13H,14H2,1-4H3,(H,26,27,28,30). The molecule has 0 radical (unpaired) electrons. The highest BCUT2D eigenvalue weighted by atomic mass is 32.2. The Kier molecular flexibility index (Phi) is 6.46. The number of aryl methyl sites for hydroxylation is 2. The predicted octanol–water partition coefficient (Wildman–Crippen LogP) is 5.09. The third kappa shape index (κ3) is 4.90. The van der Waals surface area contributed by atoms with E-state index in [2.05, 4.69) is 15.3 Å². The highest BCUT2D eigenvalue weighted by Crippen LogP contribution is 2.32. The van der Waals surface area contributed by atoms with Gasteiger partial charge in [0.05, 0.1) is 5.39 Å². The molecule has 4 aromatic rings. The zero-order valence-electron chi connectivity index (χ0n) is 18.9. The molecule has 0 aliphatic heterocycles. The summed E-state index contributed by atoms with van der Waals surface area (Å²) >= 11 is 1.43. The second-order valence-electron chi connectivity index (χ2n) is 7.82. The summed E-state index contributed by atoms with van der Waals surface area (Å²) < 4.78 is 5.83. The summed E-state index contributed by atoms with van der Waals surface area (Å²) in [6.07, 6.45) is 0. The van der Waals surface area contributed by atoms with Gasteiger partial charge in [-0.15, -0.1) is 0 Å². The first-order valence-electron chi connectivity index (χ1n) is 10.4. The number of benzene rings is 2. The number of carbonyl (C=O) groups is 2. The Morgan fingerprint density at radius 3 is 2.33 bits per heavy atom. The van der Waals surface area contributed by atoms with E-state index in [1.54, 1.807) is 31.1 Å². The summed E-state index contributed by atoms with van der Waals surface area (Å²) in [6, 6.07) is 16.5. The van der Waals surface area contributed by atoms with E-state index in [-0.39, 0.29) is 11.8 Å². The summed E-state index contributed by atoms with van der Waals surface area (Å²) in [7, 11) is 3.46. The SMILES string of the molecule is Cc1oc2nc(SCc3ccc(C(=O)N(C)C)cc3)nc(NC(=O)c3ccccc3)c2c1C. The summed E-state index contributed by atoms with van der Waals surface area (Å²) in [5.41, 5.74) is 3.55. The van der Waals surface area contributed by atoms with Crippen LogP contribution in [0.3, 0.4) is 0 Å². The molecular weight excluding hydrogens is 436 g/mol. The number of furan rings is 1. The first-order chi connectivity index (χ1) is 15.8. The van der Waals surface area contributed by atoms with E-state index in [0.717, 1.165) is 16.9 Å². The van der Waals surface area contributed by atoms with E-state index >= 15 is 0 Å². The molecule has 0 atom stereocenters. The molecule has 2 heterocycles. The third-order valence-corrected chi connectivity index (χ3v) is 6.17. The van der Waals surface area contributed by atoms with Crippen LogP contribution in [0.25, 0.3) is 11.1 Å². The van der Waals surface area contributed by atoms with E-state index in [0.29, 0.717) is 39.0 Å². The van der Waals surface area contributed by atoms with Crippen LogP contribution in [-0.2, 0) is 5.75 Å². The van der Waals surface area contributed by atoms with Gasteiger partial charge in [-0.3, -0.25) is 9.59 Å². The van der Waals surface area contributed by atoms with Crippen LogP contribution in [0.5, 0.6) is 0 Å². The molecule has 2 aromatic heterocycles. The number of carbonyl (C=O) groups excluding carboxylic acids is 2. The second-order valence-corrected chi connectivity index (χ2v) is 8.77. The first-order valence-corrected chi connectivity index (χ1v) is 11.4. The lowest BCUT2D eigenvalue weighted by molar-refractivity contribution is 0.0827. The zero-order chi connectivity index (χ0) is 23.5. The van der Waals surface area contributed by atoms with E-state index < -0.39 is 0 Å². The van der Waals surface area contributed by atoms with Crippen molar-refractivity contribution >= 4 is 40.5 Å². The second kappa shape index (κ2) is 9.46. The fourth-order valence-electron chi connectivity index (χ4n) is 3.30. The normalized spacial score (nSPS) is 10.9. The zero-order valence-corrected chi connectivity index (χ0v) is 19.7. The predicted molar refractivity (Wildman–Crippen MR) is 130 cm³/mol. The van der Waals surface area contributed by atoms with Crippen molar-refractivity contribution in [3.05, 3.63) is 82.6 Å². The van der Waals surface area contributed by atoms with Gasteiger partial charge in [0.1, 0.15) is 11.6 Å². The lowest BCUT2D eigenvalue weighted by atomic mass is 10.1. The van der Waals surface area contributed by atoms with Gasteiger partial charge < -0.3 is 14.6 Å². The molecule has 0 aliphatic carbocycles. The average molecular weight is 461 g/mol. The summed E-state index contributed by atoms with van der Waals surface area (Å²) in [4.78, 5) is 35.6. The molecule has 1 N–H and O–H groups in total. The maximum absolute atomic E-state index is 12.8. The molecule has 0 aliphatic rings. The Hall–Kier alpha value is -3.65. The van der Waals surface area contributed by atoms with Crippen molar-refractivity contribution < 1.29 is 14.0 Å². The minimum absolute atomic E-state index is 0.0367. The van der Waals surface area contributed by atoms with Crippen molar-refractivity contribution in [1.29, 1.82) is 0 Å². The molecule has 0 spiro atoms. The number of amides is 2. The van der Waals surface area contributed by atoms with Crippen LogP contribution in [-0.4, -0.2) is 40.8 Å². The lowest BCUT2D eigenvalue weighted by Crippen LogP contribution is -2.21. The minimum atomic E-state index is -0.244. The van der Waals surface area contributed by atoms with Crippen molar-refractivity contribution in [1.82, 2.24) is 14.9 Å². The van der Waals surface area contributed by atoms with Crippen LogP contribution in [0, 0.1) is 13.8 Å². The molecule has 0 fully saturated rings. The van der Waals surface area contributed by atoms with Crippen molar-refractivity contribution in [2.45, 2.75) is 24.8 Å². The molecule has 33 heavy (non-hydrogen) atoms. The maximum Gasteiger partial charge on any atom is 0.256 e. The van der Waals surface area contributed by atoms with E-state index in [1.807, 2.05) is 56.3 Å². The lowest BCUT2D eigenvalue weighted by Gasteiger charge is -2.10. The van der Waals surface area contributed by atoms with E-state index in [9.17, 15) is 9.59 Å². The van der Waals surface area contributed by atoms with Crippen LogP contribution in [0.1, 0.15) is 37.6 Å². The molecule has 8 heteroatoms. The topological polar surface area (TPSA) is 88.3 Å². The molecule has 0 saturated heterocycles. The molecule has 7 nitrogen and oxygen atoms in total. The molecule has 0 saturated carbocycles. The maximum atomic E-state index is 12.8. The van der Waals surface area contributed by atoms with Gasteiger partial charge in [-0.2, -0.15) is 4.98 Å². The quantitative estimate of drug-likeness (QED) is 0.319. The van der Waals surface area contributed by atoms with E-state index in [1.165, 1.54) is 11.8 Å². The summed E-state index contributed by atoms with van der Waals surface area (Å²) in [6.45, 7) is 3.79. The van der Waals surface area contributed by atoms with Gasteiger partial charge in [0, 0.05) is 36.5 Å². The molecular formula is C25H24N4O3S. The number of nitrogens with zero attached hydrogens (tertiary/aromatic N) is 3. The van der Waals surface area contributed by atoms with Crippen molar-refractivity contribution in [3.63, 3.8) is 0 Å². The molecule has 0 bridgehead atoms. The number of fused-ring (bicyclic) bond motifs is 1. The number of rotatable bonds is 6. The van der Waals surface area contributed by atoms with E-state index in [4.69, 9.17) is 4.42 Å². The van der Waals surface area contributed by atoms with Gasteiger partial charge in [-0.25, -0.2) is 4.98 Å². The first kappa shape index (κ1) is 22.5. The monoisotopic (exact) mass is 460 g/mol. The molecule has 2 amide bonds. The Bertz CT molecular complexity index is 1320. The molecule has 2 aromatic carbocycles. The smallest absolute Gasteiger partial charge is 0.256 e. The van der Waals surface area contributed by atoms with Crippen LogP contribution in [0.2, 0.25) is 0 Å². The largest absolute Gasteiger partial charge is 0.443 e. The number of hydrogen-bond donors (Lipinski definition) is 1. The Balaban J connectivity index is 1.58. The molecule has 4 rings (SSSR count). The highest BCUT2D eigenvalue weighted by molar-refractivity contribution is 7.98. The van der Waals surface area contributed by atoms with Crippen LogP contribution >= 0.6 is 11.8 Å². The molecule has 0 unspecified atom stereocenters.